The van der Waals surface area contributed by atoms with Crippen LogP contribution < -0.4 is 5.73 Å². The fourth-order valence-corrected chi connectivity index (χ4v) is 3.11. The lowest BCUT2D eigenvalue weighted by atomic mass is 10.5. The number of hydrogen-bond acceptors (Lipinski definition) is 5. The van der Waals surface area contributed by atoms with Gasteiger partial charge in [0.05, 0.1) is 5.25 Å². The van der Waals surface area contributed by atoms with E-state index in [9.17, 15) is 4.79 Å². The smallest absolute Gasteiger partial charge is 0.230 e. The third-order valence-corrected chi connectivity index (χ3v) is 4.32. The lowest BCUT2D eigenvalue weighted by Gasteiger charge is -2.01. The van der Waals surface area contributed by atoms with Gasteiger partial charge in [-0.3, -0.25) is 4.79 Å². The highest BCUT2D eigenvalue weighted by Crippen LogP contribution is 2.42. The Balaban J connectivity index is 1.98. The lowest BCUT2D eigenvalue weighted by molar-refractivity contribution is -0.117. The molecule has 6 heteroatoms. The van der Waals surface area contributed by atoms with Crippen LogP contribution in [0.1, 0.15) is 30.7 Å². The van der Waals surface area contributed by atoms with Crippen LogP contribution in [0.4, 0.5) is 0 Å². The second-order valence-corrected chi connectivity index (χ2v) is 5.94. The number of primary amides is 1. The molecule has 1 atom stereocenters. The molecule has 1 saturated carbocycles. The number of nitrogens with zero attached hydrogens (tertiary/aromatic N) is 2. The van der Waals surface area contributed by atoms with Gasteiger partial charge in [0.1, 0.15) is 5.01 Å². The Morgan fingerprint density at radius 2 is 2.36 bits per heavy atom. The van der Waals surface area contributed by atoms with E-state index in [1.807, 2.05) is 0 Å². The second kappa shape index (κ2) is 3.86. The Morgan fingerprint density at radius 1 is 1.64 bits per heavy atom. The first kappa shape index (κ1) is 9.92. The van der Waals surface area contributed by atoms with Gasteiger partial charge in [-0.1, -0.05) is 23.1 Å². The summed E-state index contributed by atoms with van der Waals surface area (Å²) in [6.45, 7) is 1.78. The Kier molecular flexibility index (Phi) is 2.73. The van der Waals surface area contributed by atoms with Crippen LogP contribution in [0.25, 0.3) is 0 Å². The summed E-state index contributed by atoms with van der Waals surface area (Å²) in [5, 5.41) is 8.98. The molecule has 1 amide bonds. The fourth-order valence-electron chi connectivity index (χ4n) is 0.973. The highest BCUT2D eigenvalue weighted by atomic mass is 32.2. The van der Waals surface area contributed by atoms with Gasteiger partial charge in [0.15, 0.2) is 4.34 Å². The van der Waals surface area contributed by atoms with Gasteiger partial charge < -0.3 is 5.73 Å². The summed E-state index contributed by atoms with van der Waals surface area (Å²) in [7, 11) is 0. The van der Waals surface area contributed by atoms with Crippen molar-refractivity contribution in [2.24, 2.45) is 5.73 Å². The predicted molar refractivity (Wildman–Crippen MR) is 56.4 cm³/mol. The van der Waals surface area contributed by atoms with Gasteiger partial charge in [-0.15, -0.1) is 10.2 Å². The van der Waals surface area contributed by atoms with Crippen LogP contribution in [0.3, 0.4) is 0 Å². The van der Waals surface area contributed by atoms with Crippen molar-refractivity contribution in [2.75, 3.05) is 0 Å². The molecule has 1 aromatic heterocycles. The first-order chi connectivity index (χ1) is 6.66. The highest BCUT2D eigenvalue weighted by molar-refractivity contribution is 8.02. The zero-order valence-corrected chi connectivity index (χ0v) is 9.40. The van der Waals surface area contributed by atoms with Crippen molar-refractivity contribution in [1.82, 2.24) is 10.2 Å². The topological polar surface area (TPSA) is 68.9 Å². The van der Waals surface area contributed by atoms with E-state index < -0.39 is 0 Å². The molecular weight excluding hydrogens is 218 g/mol. The Bertz CT molecular complexity index is 348. The maximum absolute atomic E-state index is 10.8. The van der Waals surface area contributed by atoms with Crippen LogP contribution in [-0.4, -0.2) is 21.4 Å². The van der Waals surface area contributed by atoms with Gasteiger partial charge >= 0.3 is 0 Å². The van der Waals surface area contributed by atoms with Crippen LogP contribution in [0.2, 0.25) is 0 Å². The molecule has 2 N–H and O–H groups in total. The maximum Gasteiger partial charge on any atom is 0.230 e. The largest absolute Gasteiger partial charge is 0.369 e. The summed E-state index contributed by atoms with van der Waals surface area (Å²) in [6.07, 6.45) is 2.45. The number of carbonyl (C=O) groups is 1. The van der Waals surface area contributed by atoms with Crippen LogP contribution in [0, 0.1) is 0 Å². The number of aromatic nitrogens is 2. The van der Waals surface area contributed by atoms with Crippen LogP contribution >= 0.6 is 23.1 Å². The molecule has 4 nitrogen and oxygen atoms in total. The van der Waals surface area contributed by atoms with Crippen molar-refractivity contribution in [3.63, 3.8) is 0 Å². The molecule has 1 fully saturated rings. The normalized spacial score (nSPS) is 18.1. The Morgan fingerprint density at radius 3 is 2.93 bits per heavy atom. The van der Waals surface area contributed by atoms with Crippen molar-refractivity contribution in [3.05, 3.63) is 5.01 Å². The molecule has 2 rings (SSSR count). The summed E-state index contributed by atoms with van der Waals surface area (Å²) in [5.41, 5.74) is 5.16. The van der Waals surface area contributed by atoms with E-state index in [1.54, 1.807) is 18.3 Å². The van der Waals surface area contributed by atoms with E-state index in [0.29, 0.717) is 5.92 Å². The molecule has 76 valence electrons. The molecule has 14 heavy (non-hydrogen) atoms. The minimum atomic E-state index is -0.307. The second-order valence-electron chi connectivity index (χ2n) is 3.34. The van der Waals surface area contributed by atoms with E-state index in [2.05, 4.69) is 10.2 Å². The zero-order valence-electron chi connectivity index (χ0n) is 7.77. The van der Waals surface area contributed by atoms with Crippen LogP contribution in [0.5, 0.6) is 0 Å². The number of thioether (sulfide) groups is 1. The molecule has 1 aliphatic carbocycles. The number of carbonyl (C=O) groups excluding carboxylic acids is 1. The summed E-state index contributed by atoms with van der Waals surface area (Å²) in [4.78, 5) is 10.8. The molecular formula is C8H11N3OS2. The number of nitrogens with two attached hydrogens (primary N) is 1. The summed E-state index contributed by atoms with van der Waals surface area (Å²) in [5.74, 6) is 0.323. The van der Waals surface area contributed by atoms with Gasteiger partial charge in [0.25, 0.3) is 0 Å². The monoisotopic (exact) mass is 229 g/mol. The third kappa shape index (κ3) is 2.24. The maximum atomic E-state index is 10.8. The van der Waals surface area contributed by atoms with Crippen molar-refractivity contribution < 1.29 is 4.79 Å². The lowest BCUT2D eigenvalue weighted by Crippen LogP contribution is -2.22. The number of amides is 1. The first-order valence-corrected chi connectivity index (χ1v) is 6.16. The number of rotatable bonds is 4. The standard InChI is InChI=1S/C8H11N3OS2/c1-4(6(9)12)13-8-11-10-7(14-8)5-2-3-5/h4-5H,2-3H2,1H3,(H2,9,12). The average Bonchev–Trinajstić information content (AvgIpc) is 2.88. The molecule has 0 bridgehead atoms. The van der Waals surface area contributed by atoms with Crippen LogP contribution in [0.15, 0.2) is 4.34 Å². The van der Waals surface area contributed by atoms with Gasteiger partial charge in [-0.2, -0.15) is 0 Å². The van der Waals surface area contributed by atoms with Gasteiger partial charge in [-0.25, -0.2) is 0 Å². The van der Waals surface area contributed by atoms with Crippen molar-refractivity contribution >= 4 is 29.0 Å². The van der Waals surface area contributed by atoms with E-state index in [0.717, 1.165) is 9.35 Å². The van der Waals surface area contributed by atoms with Gasteiger partial charge in [0.2, 0.25) is 5.91 Å². The van der Waals surface area contributed by atoms with Crippen LogP contribution in [-0.2, 0) is 4.79 Å². The van der Waals surface area contributed by atoms with Crippen molar-refractivity contribution in [2.45, 2.75) is 35.3 Å². The molecule has 0 saturated heterocycles. The summed E-state index contributed by atoms with van der Waals surface area (Å²) < 4.78 is 0.846. The SMILES string of the molecule is CC(Sc1nnc(C2CC2)s1)C(N)=O. The third-order valence-electron chi connectivity index (χ3n) is 2.03. The molecule has 1 heterocycles. The minimum Gasteiger partial charge on any atom is -0.369 e. The van der Waals surface area contributed by atoms with Crippen molar-refractivity contribution in [3.8, 4) is 0 Å². The molecule has 0 aliphatic heterocycles. The van der Waals surface area contributed by atoms with E-state index in [-0.39, 0.29) is 11.2 Å². The average molecular weight is 229 g/mol. The molecule has 0 radical (unpaired) electrons. The summed E-state index contributed by atoms with van der Waals surface area (Å²) in [6, 6.07) is 0. The molecule has 1 aromatic rings. The quantitative estimate of drug-likeness (QED) is 0.792. The Hall–Kier alpha value is -0.620. The predicted octanol–water partition coefficient (Wildman–Crippen LogP) is 1.38. The molecule has 1 aliphatic rings. The van der Waals surface area contributed by atoms with Gasteiger partial charge in [0, 0.05) is 5.92 Å². The zero-order chi connectivity index (χ0) is 10.1. The van der Waals surface area contributed by atoms with Crippen molar-refractivity contribution in [1.29, 1.82) is 0 Å². The highest BCUT2D eigenvalue weighted by Gasteiger charge is 2.28. The number of hydrogen-bond donors (Lipinski definition) is 1. The molecule has 1 unspecified atom stereocenters. The first-order valence-electron chi connectivity index (χ1n) is 4.46. The van der Waals surface area contributed by atoms with E-state index in [4.69, 9.17) is 5.73 Å². The van der Waals surface area contributed by atoms with E-state index in [1.165, 1.54) is 24.6 Å². The van der Waals surface area contributed by atoms with Gasteiger partial charge in [-0.05, 0) is 19.8 Å². The van der Waals surface area contributed by atoms with E-state index >= 15 is 0 Å². The summed E-state index contributed by atoms with van der Waals surface area (Å²) >= 11 is 2.97. The molecule has 0 aromatic carbocycles. The Labute approximate surface area is 90.3 Å². The fraction of sp³-hybridized carbons (Fsp3) is 0.625. The molecule has 0 spiro atoms. The minimum absolute atomic E-state index is 0.227.